The lowest BCUT2D eigenvalue weighted by Gasteiger charge is -2.34. The number of aromatic nitrogens is 4. The average Bonchev–Trinajstić information content (AvgIpc) is 3.63. The van der Waals surface area contributed by atoms with Gasteiger partial charge in [0.25, 0.3) is 0 Å². The summed E-state index contributed by atoms with van der Waals surface area (Å²) in [5, 5.41) is 22.2. The zero-order chi connectivity index (χ0) is 29.5. The number of aromatic hydroxyl groups is 1. The second kappa shape index (κ2) is 9.84. The van der Waals surface area contributed by atoms with Crippen molar-refractivity contribution < 1.29 is 27.4 Å². The van der Waals surface area contributed by atoms with Crippen LogP contribution >= 0.6 is 0 Å². The van der Waals surface area contributed by atoms with Gasteiger partial charge in [-0.15, -0.1) is 10.2 Å². The molecule has 2 unspecified atom stereocenters. The van der Waals surface area contributed by atoms with E-state index >= 15 is 8.78 Å². The van der Waals surface area contributed by atoms with Crippen LogP contribution in [0, 0.1) is 17.5 Å². The highest BCUT2D eigenvalue weighted by molar-refractivity contribution is 5.99. The van der Waals surface area contributed by atoms with Gasteiger partial charge < -0.3 is 20.1 Å². The molecule has 224 valence electrons. The van der Waals surface area contributed by atoms with Crippen molar-refractivity contribution >= 4 is 27.6 Å². The quantitative estimate of drug-likeness (QED) is 0.328. The molecule has 13 heteroatoms. The molecule has 2 aromatic heterocycles. The molecule has 4 aromatic rings. The first-order valence-electron chi connectivity index (χ1n) is 14.7. The van der Waals surface area contributed by atoms with E-state index in [0.717, 1.165) is 44.4 Å². The van der Waals surface area contributed by atoms with E-state index in [1.807, 2.05) is 4.90 Å². The molecule has 6 heterocycles. The fraction of sp³-hybridized carbons (Fsp3) is 0.467. The predicted molar refractivity (Wildman–Crippen MR) is 150 cm³/mol. The van der Waals surface area contributed by atoms with Crippen LogP contribution in [0.15, 0.2) is 24.3 Å². The molecule has 4 fully saturated rings. The van der Waals surface area contributed by atoms with Crippen LogP contribution in [0.3, 0.4) is 0 Å². The molecule has 8 rings (SSSR count). The summed E-state index contributed by atoms with van der Waals surface area (Å²) in [6, 6.07) is 5.03. The monoisotopic (exact) mass is 595 g/mol. The number of nitrogens with one attached hydrogen (secondary N) is 1. The fourth-order valence-electron chi connectivity index (χ4n) is 7.57. The van der Waals surface area contributed by atoms with E-state index in [-0.39, 0.29) is 57.8 Å². The number of piperazine rings is 1. The van der Waals surface area contributed by atoms with E-state index in [9.17, 15) is 13.9 Å². The molecular weight excluding hydrogens is 566 g/mol. The molecule has 2 bridgehead atoms. The normalized spacial score (nSPS) is 27.0. The van der Waals surface area contributed by atoms with E-state index in [1.54, 1.807) is 0 Å². The number of fused-ring (bicyclic) bond motifs is 5. The van der Waals surface area contributed by atoms with Gasteiger partial charge in [0, 0.05) is 49.1 Å². The number of halogens is 4. The molecule has 4 aliphatic heterocycles. The predicted octanol–water partition coefficient (Wildman–Crippen LogP) is 4.26. The third-order valence-electron chi connectivity index (χ3n) is 9.50. The number of alkyl halides is 1. The number of nitrogens with zero attached hydrogens (tertiary/aromatic N) is 6. The second-order valence-electron chi connectivity index (χ2n) is 12.2. The van der Waals surface area contributed by atoms with Crippen LogP contribution in [0.5, 0.6) is 11.8 Å². The number of phenols is 1. The van der Waals surface area contributed by atoms with Gasteiger partial charge in [0.05, 0.1) is 5.54 Å². The lowest BCUT2D eigenvalue weighted by molar-refractivity contribution is 0.107. The van der Waals surface area contributed by atoms with Crippen LogP contribution in [-0.4, -0.2) is 86.8 Å². The summed E-state index contributed by atoms with van der Waals surface area (Å²) >= 11 is 0. The first-order chi connectivity index (χ1) is 20.8. The molecule has 4 saturated heterocycles. The Morgan fingerprint density at radius 3 is 2.63 bits per heavy atom. The van der Waals surface area contributed by atoms with Gasteiger partial charge in [-0.1, -0.05) is 6.07 Å². The Morgan fingerprint density at radius 2 is 1.81 bits per heavy atom. The summed E-state index contributed by atoms with van der Waals surface area (Å²) in [6.07, 6.45) is 3.15. The molecule has 0 saturated carbocycles. The molecule has 0 amide bonds. The van der Waals surface area contributed by atoms with Crippen molar-refractivity contribution in [1.82, 2.24) is 30.4 Å². The number of phenolic OH excluding ortho intramolecular Hbond substituents is 1. The average molecular weight is 596 g/mol. The number of ether oxygens (including phenoxy) is 1. The molecule has 9 nitrogen and oxygen atoms in total. The molecule has 4 aliphatic rings. The fourth-order valence-corrected chi connectivity index (χ4v) is 7.57. The Balaban J connectivity index is 1.26. The van der Waals surface area contributed by atoms with Crippen molar-refractivity contribution in [2.24, 2.45) is 0 Å². The van der Waals surface area contributed by atoms with E-state index in [0.29, 0.717) is 31.9 Å². The van der Waals surface area contributed by atoms with Gasteiger partial charge in [0.1, 0.15) is 29.7 Å². The van der Waals surface area contributed by atoms with Gasteiger partial charge in [0.15, 0.2) is 28.8 Å². The highest BCUT2D eigenvalue weighted by Gasteiger charge is 2.49. The third kappa shape index (κ3) is 4.35. The maximum absolute atomic E-state index is 16.5. The summed E-state index contributed by atoms with van der Waals surface area (Å²) in [6.45, 7) is 2.55. The molecule has 0 radical (unpaired) electrons. The molecule has 0 spiro atoms. The Kier molecular flexibility index (Phi) is 6.13. The van der Waals surface area contributed by atoms with Crippen LogP contribution in [-0.2, 0) is 0 Å². The van der Waals surface area contributed by atoms with Gasteiger partial charge >= 0.3 is 6.01 Å². The highest BCUT2D eigenvalue weighted by atomic mass is 19.2. The maximum Gasteiger partial charge on any atom is 0.319 e. The standard InChI is InChI=1S/C30H29F4N7O2/c31-16-10-30(6-1-7-41(30)11-16)14-43-29-36-26-24(34)25(20-9-19(42)8-15-2-5-21(32)23(33)22(15)20)38-39-27(26)28(37-29)40-12-17-3-4-18(13-40)35-17/h2,5,8-9,16-18,35,42H,1,3-4,6-7,10-14H2/t16-,17?,18?,30+/m1/s1. The highest BCUT2D eigenvalue weighted by Crippen LogP contribution is 2.41. The first-order valence-corrected chi connectivity index (χ1v) is 14.7. The smallest absolute Gasteiger partial charge is 0.319 e. The van der Waals surface area contributed by atoms with Crippen molar-refractivity contribution in [2.45, 2.75) is 55.9 Å². The lowest BCUT2D eigenvalue weighted by Crippen LogP contribution is -2.51. The van der Waals surface area contributed by atoms with Gasteiger partial charge in [-0.3, -0.25) is 4.90 Å². The molecule has 2 aromatic carbocycles. The lowest BCUT2D eigenvalue weighted by atomic mass is 9.95. The van der Waals surface area contributed by atoms with E-state index in [2.05, 4.69) is 30.4 Å². The second-order valence-corrected chi connectivity index (χ2v) is 12.2. The van der Waals surface area contributed by atoms with Gasteiger partial charge in [-0.05, 0) is 55.8 Å². The zero-order valence-corrected chi connectivity index (χ0v) is 23.2. The Labute approximate surface area is 243 Å². The van der Waals surface area contributed by atoms with Crippen LogP contribution in [0.25, 0.3) is 33.1 Å². The summed E-state index contributed by atoms with van der Waals surface area (Å²) in [7, 11) is 0. The van der Waals surface area contributed by atoms with Crippen LogP contribution in [0.1, 0.15) is 32.1 Å². The summed E-state index contributed by atoms with van der Waals surface area (Å²) in [4.78, 5) is 13.2. The number of hydrogen-bond donors (Lipinski definition) is 2. The van der Waals surface area contributed by atoms with E-state index in [1.165, 1.54) is 12.1 Å². The molecule has 43 heavy (non-hydrogen) atoms. The number of rotatable bonds is 5. The van der Waals surface area contributed by atoms with Crippen LogP contribution in [0.2, 0.25) is 0 Å². The van der Waals surface area contributed by atoms with Gasteiger partial charge in [0.2, 0.25) is 0 Å². The van der Waals surface area contributed by atoms with Crippen molar-refractivity contribution in [2.75, 3.05) is 37.7 Å². The minimum absolute atomic E-state index is 0.0762. The third-order valence-corrected chi connectivity index (χ3v) is 9.50. The first kappa shape index (κ1) is 26.8. The van der Waals surface area contributed by atoms with Crippen molar-refractivity contribution in [3.63, 3.8) is 0 Å². The SMILES string of the molecule is Oc1cc(-c2nnc3c(N4CC5CCC(C4)N5)nc(OC[C@@]45CCCN4C[C@H](F)C5)nc3c2F)c2c(F)c(F)ccc2c1. The van der Waals surface area contributed by atoms with Crippen molar-refractivity contribution in [3.05, 3.63) is 41.7 Å². The summed E-state index contributed by atoms with van der Waals surface area (Å²) in [5.41, 5.74) is -1.11. The van der Waals surface area contributed by atoms with E-state index < -0.39 is 34.9 Å². The Morgan fingerprint density at radius 1 is 1.00 bits per heavy atom. The summed E-state index contributed by atoms with van der Waals surface area (Å²) < 4.78 is 66.3. The molecule has 0 aliphatic carbocycles. The minimum atomic E-state index is -1.19. The van der Waals surface area contributed by atoms with E-state index in [4.69, 9.17) is 4.74 Å². The topological polar surface area (TPSA) is 99.5 Å². The Bertz CT molecular complexity index is 1760. The van der Waals surface area contributed by atoms with Crippen LogP contribution in [0.4, 0.5) is 23.4 Å². The molecule has 4 atom stereocenters. The van der Waals surface area contributed by atoms with Crippen molar-refractivity contribution in [1.29, 1.82) is 0 Å². The zero-order valence-electron chi connectivity index (χ0n) is 23.2. The van der Waals surface area contributed by atoms with Crippen molar-refractivity contribution in [3.8, 4) is 23.0 Å². The number of hydrogen-bond acceptors (Lipinski definition) is 9. The Hall–Kier alpha value is -3.84. The van der Waals surface area contributed by atoms with Crippen LogP contribution < -0.4 is 15.0 Å². The minimum Gasteiger partial charge on any atom is -0.508 e. The molecular formula is C30H29F4N7O2. The maximum atomic E-state index is 16.5. The summed E-state index contributed by atoms with van der Waals surface area (Å²) in [5.74, 6) is -3.16. The van der Waals surface area contributed by atoms with Gasteiger partial charge in [-0.2, -0.15) is 9.97 Å². The largest absolute Gasteiger partial charge is 0.508 e. The molecule has 2 N–H and O–H groups in total. The van der Waals surface area contributed by atoms with Gasteiger partial charge in [-0.25, -0.2) is 17.6 Å². The number of anilines is 1. The number of benzene rings is 2.